The molecule has 0 radical (unpaired) electrons. The number of amides is 4. The molecular weight excluding hydrogens is 1010 g/mol. The molecule has 6 aromatic carbocycles. The molecule has 2 aliphatic heterocycles. The average Bonchev–Trinajstić information content (AvgIpc) is 4.18. The lowest BCUT2D eigenvalue weighted by Gasteiger charge is -2.29. The Labute approximate surface area is 424 Å². The lowest BCUT2D eigenvalue weighted by Crippen LogP contribution is -2.46. The summed E-state index contributed by atoms with van der Waals surface area (Å²) in [6.45, 7) is 7.70. The number of benzene rings is 6. The summed E-state index contributed by atoms with van der Waals surface area (Å²) in [6.07, 6.45) is 3.15. The summed E-state index contributed by atoms with van der Waals surface area (Å²) < 4.78 is 56.9. The summed E-state index contributed by atoms with van der Waals surface area (Å²) in [7, 11) is 0. The molecule has 10 rings (SSSR count). The van der Waals surface area contributed by atoms with E-state index in [1.165, 1.54) is 0 Å². The number of fused-ring (bicyclic) bond motifs is 2. The van der Waals surface area contributed by atoms with Crippen molar-refractivity contribution in [2.24, 2.45) is 0 Å². The lowest BCUT2D eigenvalue weighted by atomic mass is 9.99. The van der Waals surface area contributed by atoms with Gasteiger partial charge in [0.2, 0.25) is 11.8 Å². The topological polar surface area (TPSA) is 173 Å². The Hall–Kier alpha value is -8.68. The molecule has 2 fully saturated rings. The predicted octanol–water partition coefficient (Wildman–Crippen LogP) is 10.7. The molecule has 8 aromatic rings. The van der Waals surface area contributed by atoms with Crippen LogP contribution in [0.4, 0.5) is 34.6 Å². The third-order valence-electron chi connectivity index (χ3n) is 12.1. The molecule has 4 atom stereocenters. The van der Waals surface area contributed by atoms with E-state index in [0.29, 0.717) is 36.5 Å². The number of hydrogen-bond acceptors (Lipinski definition) is 7. The van der Waals surface area contributed by atoms with Crippen LogP contribution in [0.3, 0.4) is 0 Å². The third-order valence-corrected chi connectivity index (χ3v) is 12.6. The van der Waals surface area contributed by atoms with Gasteiger partial charge in [0, 0.05) is 53.3 Å². The summed E-state index contributed by atoms with van der Waals surface area (Å²) in [5.74, 6) is -10.4. The molecule has 0 unspecified atom stereocenters. The van der Waals surface area contributed by atoms with Gasteiger partial charge in [0.15, 0.2) is 5.69 Å². The molecule has 0 bridgehead atoms. The van der Waals surface area contributed by atoms with Gasteiger partial charge in [-0.2, -0.15) is 33.0 Å². The number of H-pyrrole nitrogens is 1. The number of anilines is 2. The molecule has 19 heteroatoms. The zero-order valence-electron chi connectivity index (χ0n) is 38.9. The van der Waals surface area contributed by atoms with E-state index in [1.54, 1.807) is 106 Å². The Kier molecular flexibility index (Phi) is 14.8. The van der Waals surface area contributed by atoms with Gasteiger partial charge in [0.25, 0.3) is 11.8 Å². The highest BCUT2D eigenvalue weighted by molar-refractivity contribution is 9.10. The summed E-state index contributed by atoms with van der Waals surface area (Å²) in [6, 6.07) is 42.4. The average molecular weight is 1050 g/mol. The van der Waals surface area contributed by atoms with Crippen molar-refractivity contribution in [3.05, 3.63) is 191 Å². The first kappa shape index (κ1) is 50.7. The Morgan fingerprint density at radius 2 is 1.19 bits per heavy atom. The second kappa shape index (κ2) is 21.4. The largest absolute Gasteiger partial charge is 0.345 e. The molecule has 2 aromatic heterocycles. The van der Waals surface area contributed by atoms with Crippen LogP contribution in [0.5, 0.6) is 0 Å². The maximum Gasteiger partial charge on any atom is 0.321 e. The van der Waals surface area contributed by atoms with Gasteiger partial charge in [-0.15, -0.1) is 0 Å². The first-order valence-corrected chi connectivity index (χ1v) is 23.4. The number of halogens is 5. The van der Waals surface area contributed by atoms with Gasteiger partial charge in [0.1, 0.15) is 0 Å². The van der Waals surface area contributed by atoms with Crippen LogP contribution in [0, 0.1) is 17.9 Å². The van der Waals surface area contributed by atoms with E-state index in [2.05, 4.69) is 52.8 Å². The maximum atomic E-state index is 13.6. The Morgan fingerprint density at radius 3 is 1.68 bits per heavy atom. The van der Waals surface area contributed by atoms with E-state index in [0.717, 1.165) is 43.1 Å². The van der Waals surface area contributed by atoms with E-state index in [1.807, 2.05) is 66.7 Å². The molecule has 0 aliphatic carbocycles. The number of carbonyl (C=O) groups excluding carboxylic acids is 4. The van der Waals surface area contributed by atoms with Crippen molar-refractivity contribution >= 4 is 78.4 Å². The third kappa shape index (κ3) is 11.4. The molecule has 14 nitrogen and oxygen atoms in total. The number of nitrogens with one attached hydrogen (secondary N) is 3. The van der Waals surface area contributed by atoms with Crippen LogP contribution < -0.4 is 20.4 Å². The van der Waals surface area contributed by atoms with Crippen molar-refractivity contribution in [1.29, 1.82) is 5.26 Å². The zero-order chi connectivity index (χ0) is 52.0. The van der Waals surface area contributed by atoms with Crippen molar-refractivity contribution < 1.29 is 36.7 Å². The van der Waals surface area contributed by atoms with E-state index in [9.17, 15) is 36.7 Å². The summed E-state index contributed by atoms with van der Waals surface area (Å²) >= 11 is 3.27. The molecule has 73 heavy (non-hydrogen) atoms. The molecule has 0 spiro atoms. The lowest BCUT2D eigenvalue weighted by molar-refractivity contribution is -0.144. The number of carbonyl (C=O) groups is 4. The normalized spacial score (nSPS) is 17.5. The summed E-state index contributed by atoms with van der Waals surface area (Å²) in [5, 5.41) is 26.6. The number of aromatic nitrogens is 4. The van der Waals surface area contributed by atoms with Gasteiger partial charge in [-0.1, -0.05) is 101 Å². The van der Waals surface area contributed by atoms with Crippen LogP contribution in [0.15, 0.2) is 162 Å². The summed E-state index contributed by atoms with van der Waals surface area (Å²) in [4.78, 5) is 56.3. The fourth-order valence-corrected chi connectivity index (χ4v) is 8.90. The minimum atomic E-state index is -3.56. The fraction of sp³-hybridized carbons (Fsp3) is 0.185. The molecule has 2 saturated heterocycles. The standard InChI is InChI=1S/C27H21F2N5O2.C20H18F2N4O2.C7H4BrN/c1-27(28,29)26(36)32-22-14-24(35)33(25(22)18-5-3-2-4-6-18)21-11-12-23-19(13-21)16-31-34(23)20-9-7-17(15-30)8-10-20;1-20(21,22)19(28)24-16-10-17(27)26(18(16)12-5-3-2-4-6-12)14-7-8-15-13(9-14)11-23-25-15;1-9-7-4-2-6(8)3-5-7/h2-13,16,22,25H,14H2,1H3,(H,32,36);2-9,11,16,18H,10H2,1H3,(H,23,25)(H,24,28);2-5H/t22-,25+;16-,18+;/m00./s1. The number of nitriles is 1. The first-order valence-electron chi connectivity index (χ1n) is 22.6. The number of hydrogen-bond donors (Lipinski definition) is 3. The van der Waals surface area contributed by atoms with Crippen molar-refractivity contribution in [2.45, 2.75) is 62.7 Å². The van der Waals surface area contributed by atoms with Gasteiger partial charge in [-0.3, -0.25) is 24.3 Å². The quantitative estimate of drug-likeness (QED) is 0.0953. The predicted molar refractivity (Wildman–Crippen MR) is 270 cm³/mol. The van der Waals surface area contributed by atoms with Gasteiger partial charge in [-0.05, 0) is 71.8 Å². The molecule has 4 heterocycles. The minimum Gasteiger partial charge on any atom is -0.345 e. The monoisotopic (exact) mass is 1050 g/mol. The second-order valence-electron chi connectivity index (χ2n) is 17.3. The highest BCUT2D eigenvalue weighted by Gasteiger charge is 2.46. The Morgan fingerprint density at radius 1 is 0.699 bits per heavy atom. The van der Waals surface area contributed by atoms with Crippen molar-refractivity contribution in [3.63, 3.8) is 0 Å². The molecule has 368 valence electrons. The van der Waals surface area contributed by atoms with Crippen LogP contribution in [0.1, 0.15) is 55.5 Å². The van der Waals surface area contributed by atoms with E-state index < -0.39 is 47.8 Å². The van der Waals surface area contributed by atoms with Crippen LogP contribution in [0.2, 0.25) is 0 Å². The van der Waals surface area contributed by atoms with Gasteiger partial charge in [-0.25, -0.2) is 9.53 Å². The molecular formula is C54H43BrF4N10O4. The zero-order valence-corrected chi connectivity index (χ0v) is 40.5. The molecule has 3 N–H and O–H groups in total. The number of rotatable bonds is 9. The van der Waals surface area contributed by atoms with Crippen LogP contribution in [0.25, 0.3) is 32.3 Å². The Bertz CT molecular complexity index is 3390. The smallest absolute Gasteiger partial charge is 0.321 e. The molecule has 0 saturated carbocycles. The van der Waals surface area contributed by atoms with E-state index in [4.69, 9.17) is 11.8 Å². The second-order valence-corrected chi connectivity index (χ2v) is 18.2. The Balaban J connectivity index is 0.000000170. The first-order chi connectivity index (χ1) is 34.9. The van der Waals surface area contributed by atoms with Crippen molar-refractivity contribution in [2.75, 3.05) is 9.80 Å². The maximum absolute atomic E-state index is 13.6. The van der Waals surface area contributed by atoms with Crippen molar-refractivity contribution in [3.8, 4) is 11.8 Å². The highest BCUT2D eigenvalue weighted by atomic mass is 79.9. The van der Waals surface area contributed by atoms with Crippen LogP contribution in [-0.2, 0) is 19.2 Å². The number of nitrogens with zero attached hydrogens (tertiary/aromatic N) is 7. The van der Waals surface area contributed by atoms with Gasteiger partial charge in [0.05, 0.1) is 71.5 Å². The number of aromatic amines is 1. The number of alkyl halides is 4. The fourth-order valence-electron chi connectivity index (χ4n) is 8.64. The van der Waals surface area contributed by atoms with E-state index in [-0.39, 0.29) is 24.7 Å². The van der Waals surface area contributed by atoms with Gasteiger partial charge >= 0.3 is 11.8 Å². The molecule has 2 aliphatic rings. The minimum absolute atomic E-state index is 0.0647. The van der Waals surface area contributed by atoms with E-state index >= 15 is 0 Å². The highest BCUT2D eigenvalue weighted by Crippen LogP contribution is 2.40. The summed E-state index contributed by atoms with van der Waals surface area (Å²) in [5.41, 5.74) is 6.28. The SMILES string of the molecule is CC(F)(F)C(=O)N[C@H]1CC(=O)N(c2ccc3[nH]ncc3c2)[C@@H]1c1ccccc1.CC(F)(F)C(=O)N[C@H]1CC(=O)N(c2ccc3c(cnn3-c3ccc(C#N)cc3)c2)[C@@H]1c1ccccc1.[C-]#[N+]c1ccc(Br)cc1. The van der Waals surface area contributed by atoms with Crippen LogP contribution >= 0.6 is 15.9 Å². The van der Waals surface area contributed by atoms with Crippen molar-refractivity contribution in [1.82, 2.24) is 30.6 Å². The molecule has 4 amide bonds. The van der Waals surface area contributed by atoms with Crippen LogP contribution in [-0.4, -0.2) is 67.5 Å². The van der Waals surface area contributed by atoms with Gasteiger partial charge < -0.3 is 20.4 Å².